The van der Waals surface area contributed by atoms with Crippen LogP contribution in [0.5, 0.6) is 0 Å². The smallest absolute Gasteiger partial charge is 0.274 e. The number of nitrogens with one attached hydrogen (secondary N) is 2. The quantitative estimate of drug-likeness (QED) is 0.628. The summed E-state index contributed by atoms with van der Waals surface area (Å²) in [5.74, 6) is 0.291. The summed E-state index contributed by atoms with van der Waals surface area (Å²) >= 11 is 1.60. The molecule has 1 fully saturated rings. The number of hydrogen-bond acceptors (Lipinski definition) is 6. The Morgan fingerprint density at radius 2 is 2.03 bits per heavy atom. The van der Waals surface area contributed by atoms with Crippen LogP contribution in [0.15, 0.2) is 17.5 Å². The van der Waals surface area contributed by atoms with Gasteiger partial charge in [-0.15, -0.1) is 11.3 Å². The number of amides is 1. The van der Waals surface area contributed by atoms with Crippen LogP contribution in [-0.4, -0.2) is 44.1 Å². The molecule has 5 rings (SSSR count). The van der Waals surface area contributed by atoms with E-state index in [4.69, 9.17) is 4.98 Å². The maximum Gasteiger partial charge on any atom is 0.274 e. The second-order valence-corrected chi connectivity index (χ2v) is 9.53. The van der Waals surface area contributed by atoms with E-state index in [1.54, 1.807) is 11.3 Å². The molecule has 1 aliphatic heterocycles. The summed E-state index contributed by atoms with van der Waals surface area (Å²) in [7, 11) is 0. The first-order valence-electron chi connectivity index (χ1n) is 11.1. The summed E-state index contributed by atoms with van der Waals surface area (Å²) < 4.78 is 0. The molecule has 4 heterocycles. The molecule has 0 radical (unpaired) electrons. The Bertz CT molecular complexity index is 1100. The molecule has 3 aromatic rings. The number of thiazole rings is 1. The van der Waals surface area contributed by atoms with Crippen molar-refractivity contribution in [3.8, 4) is 0 Å². The van der Waals surface area contributed by atoms with Crippen LogP contribution in [-0.2, 0) is 12.8 Å². The number of H-pyrrole nitrogens is 1. The Kier molecular flexibility index (Phi) is 5.48. The predicted octanol–water partition coefficient (Wildman–Crippen LogP) is 4.52. The molecular formula is C23H28N6OS. The molecule has 1 atom stereocenters. The van der Waals surface area contributed by atoms with Crippen LogP contribution < -0.4 is 5.32 Å². The van der Waals surface area contributed by atoms with E-state index in [2.05, 4.69) is 26.6 Å². The van der Waals surface area contributed by atoms with E-state index in [1.165, 1.54) is 6.42 Å². The molecule has 2 aliphatic rings. The zero-order chi connectivity index (χ0) is 21.4. The van der Waals surface area contributed by atoms with Gasteiger partial charge in [0.15, 0.2) is 10.8 Å². The average molecular weight is 437 g/mol. The molecule has 3 aromatic heterocycles. The van der Waals surface area contributed by atoms with Gasteiger partial charge in [0.05, 0.1) is 5.69 Å². The fourth-order valence-electron chi connectivity index (χ4n) is 4.72. The highest BCUT2D eigenvalue weighted by Crippen LogP contribution is 2.31. The third-order valence-corrected chi connectivity index (χ3v) is 7.10. The third kappa shape index (κ3) is 4.21. The first-order valence-corrected chi connectivity index (χ1v) is 12.0. The predicted molar refractivity (Wildman–Crippen MR) is 122 cm³/mol. The van der Waals surface area contributed by atoms with Gasteiger partial charge in [0, 0.05) is 52.7 Å². The van der Waals surface area contributed by atoms with Crippen molar-refractivity contribution in [1.82, 2.24) is 25.1 Å². The highest BCUT2D eigenvalue weighted by molar-refractivity contribution is 7.13. The number of aromatic nitrogens is 4. The number of rotatable bonds is 4. The number of carbonyl (C=O) groups excluding carboxylic acids is 1. The lowest BCUT2D eigenvalue weighted by atomic mass is 9.92. The summed E-state index contributed by atoms with van der Waals surface area (Å²) in [6.07, 6.45) is 6.28. The van der Waals surface area contributed by atoms with Crippen LogP contribution in [0.3, 0.4) is 0 Å². The Hall–Kier alpha value is -2.74. The zero-order valence-electron chi connectivity index (χ0n) is 18.1. The van der Waals surface area contributed by atoms with Gasteiger partial charge in [-0.05, 0) is 64.5 Å². The van der Waals surface area contributed by atoms with E-state index < -0.39 is 0 Å². The zero-order valence-corrected chi connectivity index (χ0v) is 18.9. The second kappa shape index (κ2) is 8.42. The summed E-state index contributed by atoms with van der Waals surface area (Å²) in [4.78, 5) is 24.6. The highest BCUT2D eigenvalue weighted by atomic mass is 32.1. The molecule has 2 N–H and O–H groups in total. The van der Waals surface area contributed by atoms with Crippen LogP contribution >= 0.6 is 11.3 Å². The minimum atomic E-state index is 0.0633. The number of piperidine rings is 1. The lowest BCUT2D eigenvalue weighted by Crippen LogP contribution is -2.40. The molecule has 1 saturated heterocycles. The molecular weight excluding hydrogens is 408 g/mol. The van der Waals surface area contributed by atoms with Crippen molar-refractivity contribution in [1.29, 1.82) is 0 Å². The summed E-state index contributed by atoms with van der Waals surface area (Å²) in [5.41, 5.74) is 6.94. The third-order valence-electron chi connectivity index (χ3n) is 6.23. The molecule has 8 heteroatoms. The van der Waals surface area contributed by atoms with Gasteiger partial charge in [0.1, 0.15) is 0 Å². The monoisotopic (exact) mass is 436 g/mol. The van der Waals surface area contributed by atoms with E-state index in [-0.39, 0.29) is 11.8 Å². The number of likely N-dealkylation sites (tertiary alicyclic amines) is 1. The van der Waals surface area contributed by atoms with E-state index in [1.807, 2.05) is 30.2 Å². The van der Waals surface area contributed by atoms with Gasteiger partial charge in [-0.25, -0.2) is 4.98 Å². The number of anilines is 2. The van der Waals surface area contributed by atoms with E-state index in [0.717, 1.165) is 77.8 Å². The van der Waals surface area contributed by atoms with Crippen LogP contribution in [0.25, 0.3) is 0 Å². The number of fused-ring (bicyclic) bond motifs is 1. The first kappa shape index (κ1) is 20.2. The largest absolute Gasteiger partial charge is 0.337 e. The summed E-state index contributed by atoms with van der Waals surface area (Å²) in [6.45, 7) is 5.48. The molecule has 31 heavy (non-hydrogen) atoms. The average Bonchev–Trinajstić information content (AvgIpc) is 3.39. The fraction of sp³-hybridized carbons (Fsp3) is 0.478. The number of nitrogens with zero attached hydrogens (tertiary/aromatic N) is 4. The van der Waals surface area contributed by atoms with Crippen molar-refractivity contribution in [2.75, 3.05) is 18.4 Å². The molecule has 0 saturated carbocycles. The number of aryl methyl sites for hydroxylation is 3. The fourth-order valence-corrected chi connectivity index (χ4v) is 5.43. The Morgan fingerprint density at radius 3 is 2.87 bits per heavy atom. The molecule has 1 amide bonds. The topological polar surface area (TPSA) is 86.8 Å². The Balaban J connectivity index is 1.34. The van der Waals surface area contributed by atoms with E-state index in [9.17, 15) is 4.79 Å². The minimum absolute atomic E-state index is 0.0633. The second-order valence-electron chi connectivity index (χ2n) is 8.67. The molecule has 162 valence electrons. The number of hydrogen-bond donors (Lipinski definition) is 2. The molecule has 0 bridgehead atoms. The maximum absolute atomic E-state index is 13.3. The van der Waals surface area contributed by atoms with E-state index >= 15 is 0 Å². The lowest BCUT2D eigenvalue weighted by molar-refractivity contribution is 0.0698. The van der Waals surface area contributed by atoms with Crippen LogP contribution in [0.4, 0.5) is 10.8 Å². The lowest BCUT2D eigenvalue weighted by Gasteiger charge is -2.32. The number of carbonyl (C=O) groups is 1. The highest BCUT2D eigenvalue weighted by Gasteiger charge is 2.30. The van der Waals surface area contributed by atoms with Gasteiger partial charge in [-0.2, -0.15) is 5.10 Å². The normalized spacial score (nSPS) is 18.6. The van der Waals surface area contributed by atoms with Crippen molar-refractivity contribution in [2.24, 2.45) is 0 Å². The maximum atomic E-state index is 13.3. The van der Waals surface area contributed by atoms with Crippen molar-refractivity contribution in [3.05, 3.63) is 51.5 Å². The standard InChI is InChI=1S/C23H28N6OS/c1-14-10-17(26-23-25-15(2)13-31-23)11-20(24-14)16-6-5-9-29(12-16)22(30)21-18-7-3-4-8-19(18)27-28-21/h10-11,13,16H,3-9,12H2,1-2H3,(H,27,28)(H,24,25,26)/t16-/m1/s1. The number of aromatic amines is 1. The van der Waals surface area contributed by atoms with Gasteiger partial charge >= 0.3 is 0 Å². The summed E-state index contributed by atoms with van der Waals surface area (Å²) in [5, 5.41) is 13.8. The molecule has 1 aliphatic carbocycles. The van der Waals surface area contributed by atoms with Crippen molar-refractivity contribution in [3.63, 3.8) is 0 Å². The van der Waals surface area contributed by atoms with Gasteiger partial charge in [0.2, 0.25) is 0 Å². The Labute approximate surface area is 186 Å². The molecule has 7 nitrogen and oxygen atoms in total. The van der Waals surface area contributed by atoms with Gasteiger partial charge in [-0.3, -0.25) is 14.9 Å². The van der Waals surface area contributed by atoms with Crippen LogP contribution in [0.1, 0.15) is 70.4 Å². The van der Waals surface area contributed by atoms with E-state index in [0.29, 0.717) is 12.2 Å². The van der Waals surface area contributed by atoms with Crippen molar-refractivity contribution >= 4 is 28.1 Å². The minimum Gasteiger partial charge on any atom is -0.337 e. The molecule has 0 aromatic carbocycles. The first-order chi connectivity index (χ1) is 15.1. The van der Waals surface area contributed by atoms with Gasteiger partial charge in [-0.1, -0.05) is 0 Å². The summed E-state index contributed by atoms with van der Waals surface area (Å²) in [6, 6.07) is 4.15. The van der Waals surface area contributed by atoms with Crippen molar-refractivity contribution < 1.29 is 4.79 Å². The SMILES string of the molecule is Cc1cc(Nc2nc(C)cs2)cc([C@@H]2CCCN(C(=O)c3n[nH]c4c3CCCC4)C2)n1. The van der Waals surface area contributed by atoms with Crippen LogP contribution in [0.2, 0.25) is 0 Å². The Morgan fingerprint density at radius 1 is 1.16 bits per heavy atom. The van der Waals surface area contributed by atoms with Crippen molar-refractivity contribution in [2.45, 2.75) is 58.3 Å². The van der Waals surface area contributed by atoms with Gasteiger partial charge < -0.3 is 10.2 Å². The molecule has 0 unspecified atom stereocenters. The molecule has 0 spiro atoms. The van der Waals surface area contributed by atoms with Crippen LogP contribution in [0, 0.1) is 13.8 Å². The number of pyridine rings is 1. The van der Waals surface area contributed by atoms with Gasteiger partial charge in [0.25, 0.3) is 5.91 Å².